The summed E-state index contributed by atoms with van der Waals surface area (Å²) in [6.45, 7) is 8.54. The zero-order valence-corrected chi connectivity index (χ0v) is 12.1. The standard InChI is InChI=1S/C14H19N3S/c1-9-5-6-12-16-13(14(2,3)4)10(7-11(15)18)17(12)8-9/h5-6,8H,7H2,1-4H3,(H2,15,18). The van der Waals surface area contributed by atoms with Crippen molar-refractivity contribution >= 4 is 22.9 Å². The zero-order chi connectivity index (χ0) is 13.5. The van der Waals surface area contributed by atoms with Crippen LogP contribution in [0.2, 0.25) is 0 Å². The number of thiocarbonyl (C=S) groups is 1. The Morgan fingerprint density at radius 1 is 1.39 bits per heavy atom. The molecule has 0 aliphatic rings. The lowest BCUT2D eigenvalue weighted by atomic mass is 9.90. The van der Waals surface area contributed by atoms with Crippen LogP contribution in [0.15, 0.2) is 18.3 Å². The maximum absolute atomic E-state index is 5.72. The summed E-state index contributed by atoms with van der Waals surface area (Å²) in [5.41, 5.74) is 10.0. The Kier molecular flexibility index (Phi) is 3.15. The van der Waals surface area contributed by atoms with Crippen LogP contribution in [0.25, 0.3) is 5.65 Å². The van der Waals surface area contributed by atoms with Gasteiger partial charge < -0.3 is 10.1 Å². The molecule has 0 radical (unpaired) electrons. The van der Waals surface area contributed by atoms with Crippen LogP contribution in [-0.2, 0) is 11.8 Å². The third kappa shape index (κ3) is 2.38. The molecule has 0 amide bonds. The summed E-state index contributed by atoms with van der Waals surface area (Å²) in [7, 11) is 0. The molecule has 4 heteroatoms. The summed E-state index contributed by atoms with van der Waals surface area (Å²) >= 11 is 5.06. The second kappa shape index (κ2) is 4.35. The van der Waals surface area contributed by atoms with Gasteiger partial charge in [-0.25, -0.2) is 4.98 Å². The fourth-order valence-electron chi connectivity index (χ4n) is 2.13. The molecule has 0 saturated carbocycles. The van der Waals surface area contributed by atoms with Crippen LogP contribution in [0.3, 0.4) is 0 Å². The maximum atomic E-state index is 5.72. The van der Waals surface area contributed by atoms with Crippen molar-refractivity contribution < 1.29 is 0 Å². The van der Waals surface area contributed by atoms with Crippen LogP contribution in [0, 0.1) is 6.92 Å². The van der Waals surface area contributed by atoms with Gasteiger partial charge in [0.2, 0.25) is 0 Å². The summed E-state index contributed by atoms with van der Waals surface area (Å²) in [6.07, 6.45) is 2.68. The van der Waals surface area contributed by atoms with Crippen LogP contribution in [0.5, 0.6) is 0 Å². The van der Waals surface area contributed by atoms with Crippen molar-refractivity contribution in [2.45, 2.75) is 39.5 Å². The number of fused-ring (bicyclic) bond motifs is 1. The summed E-state index contributed by atoms with van der Waals surface area (Å²) in [6, 6.07) is 4.10. The minimum atomic E-state index is -0.0138. The molecular weight excluding hydrogens is 242 g/mol. The molecule has 3 nitrogen and oxygen atoms in total. The van der Waals surface area contributed by atoms with Crippen molar-refractivity contribution in [1.82, 2.24) is 9.38 Å². The topological polar surface area (TPSA) is 43.3 Å². The Morgan fingerprint density at radius 3 is 2.61 bits per heavy atom. The maximum Gasteiger partial charge on any atom is 0.137 e. The van der Waals surface area contributed by atoms with Gasteiger partial charge in [-0.05, 0) is 18.6 Å². The van der Waals surface area contributed by atoms with E-state index in [2.05, 4.69) is 44.4 Å². The predicted molar refractivity (Wildman–Crippen MR) is 79.1 cm³/mol. The molecule has 2 aromatic heterocycles. The van der Waals surface area contributed by atoms with E-state index < -0.39 is 0 Å². The van der Waals surface area contributed by atoms with E-state index in [0.29, 0.717) is 11.4 Å². The molecule has 96 valence electrons. The smallest absolute Gasteiger partial charge is 0.137 e. The first kappa shape index (κ1) is 13.0. The number of aryl methyl sites for hydroxylation is 1. The normalized spacial score (nSPS) is 12.0. The fourth-order valence-corrected chi connectivity index (χ4v) is 2.27. The minimum Gasteiger partial charge on any atom is -0.393 e. The van der Waals surface area contributed by atoms with Crippen molar-refractivity contribution in [1.29, 1.82) is 0 Å². The van der Waals surface area contributed by atoms with Gasteiger partial charge in [0, 0.05) is 18.0 Å². The van der Waals surface area contributed by atoms with E-state index in [1.165, 1.54) is 5.56 Å². The van der Waals surface area contributed by atoms with E-state index in [0.717, 1.165) is 17.0 Å². The number of nitrogens with zero attached hydrogens (tertiary/aromatic N) is 2. The van der Waals surface area contributed by atoms with Gasteiger partial charge in [-0.15, -0.1) is 0 Å². The Bertz CT molecular complexity index is 605. The van der Waals surface area contributed by atoms with Crippen LogP contribution in [0.1, 0.15) is 37.7 Å². The van der Waals surface area contributed by atoms with Gasteiger partial charge in [0.05, 0.1) is 16.4 Å². The number of hydrogen-bond acceptors (Lipinski definition) is 2. The monoisotopic (exact) mass is 261 g/mol. The van der Waals surface area contributed by atoms with Crippen LogP contribution in [-0.4, -0.2) is 14.4 Å². The van der Waals surface area contributed by atoms with E-state index in [4.69, 9.17) is 22.9 Å². The van der Waals surface area contributed by atoms with E-state index in [9.17, 15) is 0 Å². The lowest BCUT2D eigenvalue weighted by Gasteiger charge is -2.17. The molecule has 0 fully saturated rings. The second-order valence-electron chi connectivity index (χ2n) is 5.73. The van der Waals surface area contributed by atoms with Crippen molar-refractivity contribution in [3.63, 3.8) is 0 Å². The average molecular weight is 261 g/mol. The van der Waals surface area contributed by atoms with Gasteiger partial charge in [-0.3, -0.25) is 0 Å². The molecule has 2 N–H and O–H groups in total. The molecule has 0 saturated heterocycles. The van der Waals surface area contributed by atoms with E-state index in [1.807, 2.05) is 6.07 Å². The lowest BCUT2D eigenvalue weighted by molar-refractivity contribution is 0.567. The summed E-state index contributed by atoms with van der Waals surface area (Å²) in [5.74, 6) is 0. The van der Waals surface area contributed by atoms with Gasteiger partial charge in [0.15, 0.2) is 0 Å². The third-order valence-corrected chi connectivity index (χ3v) is 3.06. The van der Waals surface area contributed by atoms with Gasteiger partial charge in [0.25, 0.3) is 0 Å². The molecule has 2 rings (SSSR count). The molecule has 0 aliphatic carbocycles. The van der Waals surface area contributed by atoms with Gasteiger partial charge >= 0.3 is 0 Å². The van der Waals surface area contributed by atoms with Crippen molar-refractivity contribution in [3.8, 4) is 0 Å². The van der Waals surface area contributed by atoms with Crippen molar-refractivity contribution in [3.05, 3.63) is 35.3 Å². The Morgan fingerprint density at radius 2 is 2.06 bits per heavy atom. The van der Waals surface area contributed by atoms with Crippen LogP contribution >= 0.6 is 12.2 Å². The van der Waals surface area contributed by atoms with Gasteiger partial charge in [0.1, 0.15) is 5.65 Å². The first-order chi connectivity index (χ1) is 8.29. The number of hydrogen-bond donors (Lipinski definition) is 1. The summed E-state index contributed by atoms with van der Waals surface area (Å²) < 4.78 is 2.11. The van der Waals surface area contributed by atoms with E-state index in [-0.39, 0.29) is 5.41 Å². The molecule has 2 heterocycles. The fraction of sp³-hybridized carbons (Fsp3) is 0.429. The average Bonchev–Trinajstić information content (AvgIpc) is 2.56. The number of imidazole rings is 1. The largest absolute Gasteiger partial charge is 0.393 e. The number of aromatic nitrogens is 2. The molecule has 18 heavy (non-hydrogen) atoms. The van der Waals surface area contributed by atoms with E-state index >= 15 is 0 Å². The quantitative estimate of drug-likeness (QED) is 0.845. The zero-order valence-electron chi connectivity index (χ0n) is 11.3. The van der Waals surface area contributed by atoms with E-state index in [1.54, 1.807) is 0 Å². The highest BCUT2D eigenvalue weighted by atomic mass is 32.1. The molecule has 0 atom stereocenters. The second-order valence-corrected chi connectivity index (χ2v) is 6.26. The lowest BCUT2D eigenvalue weighted by Crippen LogP contribution is -2.19. The summed E-state index contributed by atoms with van der Waals surface area (Å²) in [5, 5.41) is 0. The SMILES string of the molecule is Cc1ccc2nc(C(C)(C)C)c(CC(N)=S)n2c1. The molecular formula is C14H19N3S. The van der Waals surface area contributed by atoms with Crippen LogP contribution in [0.4, 0.5) is 0 Å². The van der Waals surface area contributed by atoms with Crippen molar-refractivity contribution in [2.24, 2.45) is 5.73 Å². The Balaban J connectivity index is 2.73. The molecule has 0 aromatic carbocycles. The third-order valence-electron chi connectivity index (χ3n) is 2.92. The molecule has 0 unspecified atom stereocenters. The molecule has 0 spiro atoms. The van der Waals surface area contributed by atoms with Gasteiger partial charge in [-0.2, -0.15) is 0 Å². The Hall–Kier alpha value is -1.42. The molecule has 2 aromatic rings. The molecule has 0 aliphatic heterocycles. The van der Waals surface area contributed by atoms with Crippen LogP contribution < -0.4 is 5.73 Å². The minimum absolute atomic E-state index is 0.0138. The highest BCUT2D eigenvalue weighted by molar-refractivity contribution is 7.80. The number of rotatable bonds is 2. The number of pyridine rings is 1. The molecule has 0 bridgehead atoms. The first-order valence-corrected chi connectivity index (χ1v) is 6.46. The Labute approximate surface area is 113 Å². The predicted octanol–water partition coefficient (Wildman–Crippen LogP) is 2.77. The van der Waals surface area contributed by atoms with Crippen molar-refractivity contribution in [2.75, 3.05) is 0 Å². The first-order valence-electron chi connectivity index (χ1n) is 6.05. The van der Waals surface area contributed by atoms with Gasteiger partial charge in [-0.1, -0.05) is 39.1 Å². The highest BCUT2D eigenvalue weighted by Crippen LogP contribution is 2.27. The highest BCUT2D eigenvalue weighted by Gasteiger charge is 2.23. The number of nitrogens with two attached hydrogens (primary N) is 1. The summed E-state index contributed by atoms with van der Waals surface area (Å²) in [4.78, 5) is 5.23.